The van der Waals surface area contributed by atoms with Gasteiger partial charge in [-0.2, -0.15) is 0 Å². The van der Waals surface area contributed by atoms with Crippen LogP contribution in [-0.4, -0.2) is 56.0 Å². The number of nitrogens with one attached hydrogen (secondary N) is 3. The largest absolute Gasteiger partial charge is 0.347 e. The highest BCUT2D eigenvalue weighted by Gasteiger charge is 2.16. The van der Waals surface area contributed by atoms with Crippen LogP contribution in [0.4, 0.5) is 5.69 Å². The minimum Gasteiger partial charge on any atom is -0.347 e. The number of carbonyl (C=O) groups excluding carboxylic acids is 2. The Morgan fingerprint density at radius 2 is 1.91 bits per heavy atom. The number of hydrogen-bond acceptors (Lipinski definition) is 4. The number of halogens is 2. The van der Waals surface area contributed by atoms with Crippen molar-refractivity contribution in [2.75, 3.05) is 44.6 Å². The molecule has 6 nitrogen and oxygen atoms in total. The van der Waals surface area contributed by atoms with Crippen LogP contribution in [0.3, 0.4) is 0 Å². The van der Waals surface area contributed by atoms with Crippen LogP contribution in [0.15, 0.2) is 18.2 Å². The third-order valence-corrected chi connectivity index (χ3v) is 3.87. The second-order valence-electron chi connectivity index (χ2n) is 4.93. The molecule has 1 aromatic rings. The predicted molar refractivity (Wildman–Crippen MR) is 87.4 cm³/mol. The van der Waals surface area contributed by atoms with Gasteiger partial charge >= 0.3 is 11.8 Å². The minimum atomic E-state index is -0.760. The lowest BCUT2D eigenvalue weighted by Crippen LogP contribution is -2.47. The summed E-state index contributed by atoms with van der Waals surface area (Å²) in [6, 6.07) is 4.66. The minimum absolute atomic E-state index is 0.316. The standard InChI is InChI=1S/C14H18Cl2N4O2/c15-10-1-2-11(16)12(9-10)19-14(22)13(21)18-5-8-20-6-3-17-4-7-20/h1-2,9,17H,3-8H2,(H,18,21)(H,19,22). The van der Waals surface area contributed by atoms with Crippen molar-refractivity contribution >= 4 is 40.7 Å². The van der Waals surface area contributed by atoms with Gasteiger partial charge in [-0.25, -0.2) is 0 Å². The van der Waals surface area contributed by atoms with Gasteiger partial charge in [0.1, 0.15) is 0 Å². The molecule has 0 saturated carbocycles. The molecule has 8 heteroatoms. The molecule has 3 N–H and O–H groups in total. The van der Waals surface area contributed by atoms with E-state index in [1.807, 2.05) is 0 Å². The molecule has 1 saturated heterocycles. The van der Waals surface area contributed by atoms with E-state index in [9.17, 15) is 9.59 Å². The van der Waals surface area contributed by atoms with Gasteiger partial charge in [-0.1, -0.05) is 23.2 Å². The summed E-state index contributed by atoms with van der Waals surface area (Å²) in [6.07, 6.45) is 0. The molecule has 120 valence electrons. The monoisotopic (exact) mass is 344 g/mol. The van der Waals surface area contributed by atoms with E-state index in [1.165, 1.54) is 6.07 Å². The van der Waals surface area contributed by atoms with Crippen LogP contribution >= 0.6 is 23.2 Å². The van der Waals surface area contributed by atoms with Gasteiger partial charge in [0.15, 0.2) is 0 Å². The molecule has 0 atom stereocenters. The molecule has 2 rings (SSSR count). The number of benzene rings is 1. The van der Waals surface area contributed by atoms with E-state index in [-0.39, 0.29) is 0 Å². The molecular formula is C14H18Cl2N4O2. The SMILES string of the molecule is O=C(NCCN1CCNCC1)C(=O)Nc1cc(Cl)ccc1Cl. The Hall–Kier alpha value is -1.34. The van der Waals surface area contributed by atoms with E-state index in [2.05, 4.69) is 20.9 Å². The van der Waals surface area contributed by atoms with Gasteiger partial charge in [0.25, 0.3) is 0 Å². The number of anilines is 1. The second-order valence-corrected chi connectivity index (χ2v) is 5.77. The quantitative estimate of drug-likeness (QED) is 0.711. The van der Waals surface area contributed by atoms with E-state index < -0.39 is 11.8 Å². The molecule has 2 amide bonds. The maximum atomic E-state index is 11.8. The molecule has 0 bridgehead atoms. The number of rotatable bonds is 4. The van der Waals surface area contributed by atoms with E-state index in [4.69, 9.17) is 23.2 Å². The summed E-state index contributed by atoms with van der Waals surface area (Å²) in [5.41, 5.74) is 0.316. The van der Waals surface area contributed by atoms with E-state index >= 15 is 0 Å². The van der Waals surface area contributed by atoms with Crippen LogP contribution in [-0.2, 0) is 9.59 Å². The van der Waals surface area contributed by atoms with Crippen LogP contribution in [0, 0.1) is 0 Å². The average molecular weight is 345 g/mol. The fraction of sp³-hybridized carbons (Fsp3) is 0.429. The lowest BCUT2D eigenvalue weighted by atomic mass is 10.3. The Bertz CT molecular complexity index is 548. The second kappa shape index (κ2) is 8.33. The number of carbonyl (C=O) groups is 2. The zero-order chi connectivity index (χ0) is 15.9. The van der Waals surface area contributed by atoms with Gasteiger partial charge < -0.3 is 16.0 Å². The summed E-state index contributed by atoms with van der Waals surface area (Å²) >= 11 is 11.8. The van der Waals surface area contributed by atoms with Crippen LogP contribution in [0.5, 0.6) is 0 Å². The first-order valence-electron chi connectivity index (χ1n) is 7.03. The predicted octanol–water partition coefficient (Wildman–Crippen LogP) is 0.953. The smallest absolute Gasteiger partial charge is 0.313 e. The Balaban J connectivity index is 1.76. The molecule has 22 heavy (non-hydrogen) atoms. The molecule has 1 heterocycles. The van der Waals surface area contributed by atoms with Crippen molar-refractivity contribution in [3.63, 3.8) is 0 Å². The van der Waals surface area contributed by atoms with Gasteiger partial charge in [0.05, 0.1) is 10.7 Å². The van der Waals surface area contributed by atoms with Crippen molar-refractivity contribution in [2.45, 2.75) is 0 Å². The third kappa shape index (κ3) is 5.14. The van der Waals surface area contributed by atoms with Crippen LogP contribution in [0.2, 0.25) is 10.0 Å². The summed E-state index contributed by atoms with van der Waals surface area (Å²) in [4.78, 5) is 25.8. The lowest BCUT2D eigenvalue weighted by molar-refractivity contribution is -0.136. The van der Waals surface area contributed by atoms with E-state index in [0.29, 0.717) is 22.3 Å². The molecular weight excluding hydrogens is 327 g/mol. The van der Waals surface area contributed by atoms with Crippen molar-refractivity contribution in [1.29, 1.82) is 0 Å². The molecule has 1 fully saturated rings. The summed E-state index contributed by atoms with van der Waals surface area (Å²) < 4.78 is 0. The first-order chi connectivity index (χ1) is 10.6. The topological polar surface area (TPSA) is 73.5 Å². The molecule has 0 spiro atoms. The van der Waals surface area contributed by atoms with Crippen LogP contribution < -0.4 is 16.0 Å². The maximum Gasteiger partial charge on any atom is 0.313 e. The molecule has 0 aromatic heterocycles. The number of amides is 2. The summed E-state index contributed by atoms with van der Waals surface area (Å²) in [7, 11) is 0. The Labute approximate surface area is 139 Å². The van der Waals surface area contributed by atoms with Gasteiger partial charge in [-0.05, 0) is 18.2 Å². The zero-order valence-electron chi connectivity index (χ0n) is 12.0. The fourth-order valence-corrected chi connectivity index (χ4v) is 2.45. The van der Waals surface area contributed by atoms with Crippen molar-refractivity contribution < 1.29 is 9.59 Å². The van der Waals surface area contributed by atoms with Crippen LogP contribution in [0.25, 0.3) is 0 Å². The summed E-state index contributed by atoms with van der Waals surface area (Å²) in [5.74, 6) is -1.45. The highest BCUT2D eigenvalue weighted by atomic mass is 35.5. The number of hydrogen-bond donors (Lipinski definition) is 3. The highest BCUT2D eigenvalue weighted by Crippen LogP contribution is 2.25. The third-order valence-electron chi connectivity index (χ3n) is 3.31. The van der Waals surface area contributed by atoms with Gasteiger partial charge in [0, 0.05) is 44.3 Å². The Kier molecular flexibility index (Phi) is 6.45. The van der Waals surface area contributed by atoms with Crippen molar-refractivity contribution in [3.8, 4) is 0 Å². The van der Waals surface area contributed by atoms with Crippen molar-refractivity contribution in [3.05, 3.63) is 28.2 Å². The molecule has 0 aliphatic carbocycles. The maximum absolute atomic E-state index is 11.8. The zero-order valence-corrected chi connectivity index (χ0v) is 13.5. The fourth-order valence-electron chi connectivity index (χ4n) is 2.11. The van der Waals surface area contributed by atoms with Gasteiger partial charge in [-0.3, -0.25) is 14.5 Å². The average Bonchev–Trinajstić information content (AvgIpc) is 2.52. The summed E-state index contributed by atoms with van der Waals surface area (Å²) in [6.45, 7) is 4.93. The van der Waals surface area contributed by atoms with Crippen molar-refractivity contribution in [2.24, 2.45) is 0 Å². The number of nitrogens with zero attached hydrogens (tertiary/aromatic N) is 1. The number of piperazine rings is 1. The lowest BCUT2D eigenvalue weighted by Gasteiger charge is -2.26. The van der Waals surface area contributed by atoms with Gasteiger partial charge in [0.2, 0.25) is 0 Å². The normalized spacial score (nSPS) is 15.4. The van der Waals surface area contributed by atoms with E-state index in [0.717, 1.165) is 32.7 Å². The van der Waals surface area contributed by atoms with Crippen LogP contribution in [0.1, 0.15) is 0 Å². The van der Waals surface area contributed by atoms with E-state index in [1.54, 1.807) is 12.1 Å². The Morgan fingerprint density at radius 3 is 2.64 bits per heavy atom. The molecule has 1 aromatic carbocycles. The van der Waals surface area contributed by atoms with Gasteiger partial charge in [-0.15, -0.1) is 0 Å². The summed E-state index contributed by atoms with van der Waals surface area (Å²) in [5, 5.41) is 9.05. The molecule has 1 aliphatic heterocycles. The molecule has 0 unspecified atom stereocenters. The first kappa shape index (κ1) is 17.0. The highest BCUT2D eigenvalue weighted by molar-refractivity contribution is 6.42. The Morgan fingerprint density at radius 1 is 1.18 bits per heavy atom. The van der Waals surface area contributed by atoms with Crippen molar-refractivity contribution in [1.82, 2.24) is 15.5 Å². The molecule has 0 radical (unpaired) electrons. The molecule has 1 aliphatic rings. The first-order valence-corrected chi connectivity index (χ1v) is 7.79.